The second kappa shape index (κ2) is 8.46. The largest absolute Gasteiger partial charge is 0.478 e. The van der Waals surface area contributed by atoms with E-state index in [0.717, 1.165) is 12.8 Å². The lowest BCUT2D eigenvalue weighted by Crippen LogP contribution is -2.63. The van der Waals surface area contributed by atoms with Crippen LogP contribution in [0.4, 0.5) is 0 Å². The van der Waals surface area contributed by atoms with E-state index in [0.29, 0.717) is 19.3 Å². The molecule has 9 nitrogen and oxygen atoms in total. The van der Waals surface area contributed by atoms with E-state index < -0.39 is 55.0 Å². The molecule has 0 bridgehead atoms. The Bertz CT molecular complexity index is 663. The number of hydrogen-bond acceptors (Lipinski definition) is 8. The van der Waals surface area contributed by atoms with Crippen molar-refractivity contribution in [2.24, 2.45) is 17.3 Å². The molecule has 1 heterocycles. The molecule has 2 saturated carbocycles. The highest BCUT2D eigenvalue weighted by atomic mass is 16.7. The summed E-state index contributed by atoms with van der Waals surface area (Å²) in [5, 5.41) is 60.4. The highest BCUT2D eigenvalue weighted by Crippen LogP contribution is 2.57. The molecule has 2 aliphatic carbocycles. The average molecular weight is 430 g/mol. The van der Waals surface area contributed by atoms with Crippen LogP contribution in [-0.2, 0) is 14.3 Å². The Morgan fingerprint density at radius 2 is 1.77 bits per heavy atom. The van der Waals surface area contributed by atoms with E-state index in [-0.39, 0.29) is 22.8 Å². The molecule has 0 unspecified atom stereocenters. The van der Waals surface area contributed by atoms with Gasteiger partial charge in [0, 0.05) is 5.57 Å². The van der Waals surface area contributed by atoms with E-state index in [2.05, 4.69) is 13.5 Å². The SMILES string of the molecule is C=C(C(=O)O)[C@@H]1CC[C@@]2(C)CC[C@H](O[C@@H]3O[C@H](CO)[C@@H](O)[C@H](O)[C@H]3O)[C@](C)(O)[C@@H]2C1. The molecule has 172 valence electrons. The smallest absolute Gasteiger partial charge is 0.331 e. The molecule has 6 N–H and O–H groups in total. The second-order valence-corrected chi connectivity index (χ2v) is 9.59. The van der Waals surface area contributed by atoms with E-state index in [9.17, 15) is 35.4 Å². The van der Waals surface area contributed by atoms with E-state index >= 15 is 0 Å². The number of ether oxygens (including phenoxy) is 2. The van der Waals surface area contributed by atoms with Gasteiger partial charge in [-0.3, -0.25) is 0 Å². The predicted octanol–water partition coefficient (Wildman–Crippen LogP) is -0.220. The van der Waals surface area contributed by atoms with Gasteiger partial charge in [0.05, 0.1) is 18.3 Å². The molecule has 30 heavy (non-hydrogen) atoms. The zero-order valence-electron chi connectivity index (χ0n) is 17.5. The first kappa shape index (κ1) is 23.6. The highest BCUT2D eigenvalue weighted by molar-refractivity contribution is 5.86. The van der Waals surface area contributed by atoms with E-state index in [1.165, 1.54) is 0 Å². The van der Waals surface area contributed by atoms with Gasteiger partial charge in [0.1, 0.15) is 24.4 Å². The molecule has 10 atom stereocenters. The van der Waals surface area contributed by atoms with Crippen molar-refractivity contribution in [2.75, 3.05) is 6.61 Å². The van der Waals surface area contributed by atoms with Crippen LogP contribution in [0.15, 0.2) is 12.2 Å². The number of hydrogen-bond donors (Lipinski definition) is 6. The van der Waals surface area contributed by atoms with Gasteiger partial charge in [0.25, 0.3) is 0 Å². The zero-order valence-corrected chi connectivity index (χ0v) is 17.5. The van der Waals surface area contributed by atoms with Gasteiger partial charge < -0.3 is 40.1 Å². The molecule has 9 heteroatoms. The van der Waals surface area contributed by atoms with E-state index in [1.54, 1.807) is 6.92 Å². The van der Waals surface area contributed by atoms with E-state index in [1.807, 2.05) is 0 Å². The Morgan fingerprint density at radius 1 is 1.13 bits per heavy atom. The molecule has 1 aliphatic heterocycles. The molecule has 0 aromatic carbocycles. The van der Waals surface area contributed by atoms with Gasteiger partial charge in [-0.15, -0.1) is 0 Å². The van der Waals surface area contributed by atoms with Gasteiger partial charge in [-0.1, -0.05) is 13.5 Å². The van der Waals surface area contributed by atoms with E-state index in [4.69, 9.17) is 9.47 Å². The molecule has 3 fully saturated rings. The van der Waals surface area contributed by atoms with Gasteiger partial charge in [-0.25, -0.2) is 4.79 Å². The van der Waals surface area contributed by atoms with Crippen LogP contribution in [0.25, 0.3) is 0 Å². The maximum atomic E-state index is 11.5. The molecule has 3 rings (SSSR count). The van der Waals surface area contributed by atoms with Crippen LogP contribution >= 0.6 is 0 Å². The first-order valence-electron chi connectivity index (χ1n) is 10.5. The third kappa shape index (κ3) is 4.04. The van der Waals surface area contributed by atoms with Gasteiger partial charge in [-0.05, 0) is 56.3 Å². The van der Waals surface area contributed by atoms with Crippen LogP contribution in [0.5, 0.6) is 0 Å². The minimum absolute atomic E-state index is 0.143. The Kier molecular flexibility index (Phi) is 6.65. The fourth-order valence-electron chi connectivity index (χ4n) is 5.62. The lowest BCUT2D eigenvalue weighted by Gasteiger charge is -2.57. The summed E-state index contributed by atoms with van der Waals surface area (Å²) < 4.78 is 11.3. The number of aliphatic carboxylic acids is 1. The van der Waals surface area contributed by atoms with Crippen molar-refractivity contribution in [1.29, 1.82) is 0 Å². The summed E-state index contributed by atoms with van der Waals surface area (Å²) in [6.45, 7) is 6.88. The molecule has 0 spiro atoms. The molecule has 3 aliphatic rings. The van der Waals surface area contributed by atoms with Crippen LogP contribution < -0.4 is 0 Å². The lowest BCUT2D eigenvalue weighted by molar-refractivity contribution is -0.334. The van der Waals surface area contributed by atoms with Gasteiger partial charge in [0.15, 0.2) is 6.29 Å². The fraction of sp³-hybridized carbons (Fsp3) is 0.857. The normalized spacial score (nSPS) is 49.3. The fourth-order valence-corrected chi connectivity index (χ4v) is 5.62. The monoisotopic (exact) mass is 430 g/mol. The Labute approximate surface area is 175 Å². The number of carboxylic acids is 1. The van der Waals surface area contributed by atoms with Crippen LogP contribution in [0.1, 0.15) is 46.0 Å². The summed E-state index contributed by atoms with van der Waals surface area (Å²) in [5.74, 6) is -1.53. The number of carboxylic acid groups (broad SMARTS) is 1. The molecule has 0 radical (unpaired) electrons. The quantitative estimate of drug-likeness (QED) is 0.256. The number of carbonyl (C=O) groups is 1. The van der Waals surface area contributed by atoms with Crippen LogP contribution in [0.3, 0.4) is 0 Å². The van der Waals surface area contributed by atoms with Gasteiger partial charge >= 0.3 is 5.97 Å². The first-order chi connectivity index (χ1) is 13.9. The molecule has 0 amide bonds. The van der Waals surface area contributed by atoms with Crippen molar-refractivity contribution in [1.82, 2.24) is 0 Å². The Hall–Kier alpha value is -1.07. The van der Waals surface area contributed by atoms with Crippen LogP contribution in [0.2, 0.25) is 0 Å². The summed E-state index contributed by atoms with van der Waals surface area (Å²) >= 11 is 0. The Morgan fingerprint density at radius 3 is 2.37 bits per heavy atom. The molecular weight excluding hydrogens is 396 g/mol. The number of aliphatic hydroxyl groups excluding tert-OH is 4. The van der Waals surface area contributed by atoms with Crippen molar-refractivity contribution in [2.45, 2.75) is 88.4 Å². The topological polar surface area (TPSA) is 157 Å². The number of aliphatic hydroxyl groups is 5. The Balaban J connectivity index is 1.78. The van der Waals surface area contributed by atoms with Crippen LogP contribution in [0, 0.1) is 17.3 Å². The lowest BCUT2D eigenvalue weighted by atomic mass is 9.52. The minimum atomic E-state index is -1.56. The van der Waals surface area contributed by atoms with Crippen molar-refractivity contribution in [3.05, 3.63) is 12.2 Å². The zero-order chi connectivity index (χ0) is 22.4. The molecule has 0 aromatic rings. The minimum Gasteiger partial charge on any atom is -0.478 e. The van der Waals surface area contributed by atoms with Crippen molar-refractivity contribution in [3.63, 3.8) is 0 Å². The van der Waals surface area contributed by atoms with Gasteiger partial charge in [-0.2, -0.15) is 0 Å². The summed E-state index contributed by atoms with van der Waals surface area (Å²) in [5.41, 5.74) is -1.39. The first-order valence-corrected chi connectivity index (χ1v) is 10.5. The molecular formula is C21H34O9. The van der Waals surface area contributed by atoms with Crippen molar-refractivity contribution < 1.29 is 44.9 Å². The maximum Gasteiger partial charge on any atom is 0.331 e. The van der Waals surface area contributed by atoms with Gasteiger partial charge in [0.2, 0.25) is 0 Å². The summed E-state index contributed by atoms with van der Waals surface area (Å²) in [6, 6.07) is 0. The molecule has 1 saturated heterocycles. The third-order valence-electron chi connectivity index (χ3n) is 7.67. The maximum absolute atomic E-state index is 11.5. The van der Waals surface area contributed by atoms with Crippen LogP contribution in [-0.4, -0.2) is 85.6 Å². The third-order valence-corrected chi connectivity index (χ3v) is 7.67. The second-order valence-electron chi connectivity index (χ2n) is 9.59. The standard InChI is InChI=1S/C21H34O9/c1-10(18(26)27)11-4-6-20(2)7-5-14(21(3,28)13(20)8-11)30-19-17(25)16(24)15(23)12(9-22)29-19/h11-17,19,22-25,28H,1,4-9H2,2-3H3,(H,26,27)/t11-,12-,13-,14+,15-,16+,17-,19+,20+,21-/m1/s1. The number of fused-ring (bicyclic) bond motifs is 1. The summed E-state index contributed by atoms with van der Waals surface area (Å²) in [6.07, 6.45) is -4.60. The average Bonchev–Trinajstić information content (AvgIpc) is 2.69. The number of rotatable bonds is 5. The summed E-state index contributed by atoms with van der Waals surface area (Å²) in [4.78, 5) is 11.4. The van der Waals surface area contributed by atoms with Crippen molar-refractivity contribution in [3.8, 4) is 0 Å². The van der Waals surface area contributed by atoms with Crippen molar-refractivity contribution >= 4 is 5.97 Å². The summed E-state index contributed by atoms with van der Waals surface area (Å²) in [7, 11) is 0. The highest BCUT2D eigenvalue weighted by Gasteiger charge is 2.57. The molecule has 0 aromatic heterocycles. The predicted molar refractivity (Wildman–Crippen MR) is 104 cm³/mol.